The first-order chi connectivity index (χ1) is 8.91. The van der Waals surface area contributed by atoms with Gasteiger partial charge in [0.15, 0.2) is 0 Å². The van der Waals surface area contributed by atoms with Crippen LogP contribution in [0.2, 0.25) is 0 Å². The van der Waals surface area contributed by atoms with Gasteiger partial charge in [0.25, 0.3) is 0 Å². The summed E-state index contributed by atoms with van der Waals surface area (Å²) in [6, 6.07) is 4.41. The first-order valence-corrected chi connectivity index (χ1v) is 6.94. The lowest BCUT2D eigenvalue weighted by Crippen LogP contribution is -2.35. The Balaban J connectivity index is 2.38. The molecule has 0 bridgehead atoms. The van der Waals surface area contributed by atoms with Gasteiger partial charge < -0.3 is 0 Å². The molecular weight excluding hydrogens is 236 g/mol. The van der Waals surface area contributed by atoms with Gasteiger partial charge in [0.2, 0.25) is 5.91 Å². The van der Waals surface area contributed by atoms with E-state index in [-0.39, 0.29) is 5.91 Å². The van der Waals surface area contributed by atoms with Crippen molar-refractivity contribution < 1.29 is 4.79 Å². The van der Waals surface area contributed by atoms with Crippen molar-refractivity contribution in [3.63, 3.8) is 0 Å². The van der Waals surface area contributed by atoms with Gasteiger partial charge in [-0.1, -0.05) is 12.1 Å². The Bertz CT molecular complexity index is 439. The second-order valence-corrected chi connectivity index (χ2v) is 5.43. The van der Waals surface area contributed by atoms with Gasteiger partial charge in [-0.15, -0.1) is 0 Å². The minimum absolute atomic E-state index is 0.0989. The van der Waals surface area contributed by atoms with Crippen LogP contribution in [0.25, 0.3) is 0 Å². The molecule has 0 unspecified atom stereocenters. The minimum Gasteiger partial charge on any atom is -0.289 e. The van der Waals surface area contributed by atoms with Crippen molar-refractivity contribution in [1.82, 2.24) is 10.4 Å². The number of amides is 1. The zero-order valence-electron chi connectivity index (χ0n) is 12.8. The third-order valence-corrected chi connectivity index (χ3v) is 3.62. The molecule has 1 aromatic carbocycles. The molecule has 1 amide bonds. The van der Waals surface area contributed by atoms with Crippen molar-refractivity contribution in [3.8, 4) is 0 Å². The lowest BCUT2D eigenvalue weighted by molar-refractivity contribution is -0.124. The number of aryl methyl sites for hydroxylation is 2. The molecule has 0 atom stereocenters. The average molecular weight is 262 g/mol. The topological polar surface area (TPSA) is 32.3 Å². The largest absolute Gasteiger partial charge is 0.289 e. The number of rotatable bonds is 6. The summed E-state index contributed by atoms with van der Waals surface area (Å²) in [6.07, 6.45) is 3.65. The fourth-order valence-electron chi connectivity index (χ4n) is 2.19. The van der Waals surface area contributed by atoms with Crippen LogP contribution in [0.4, 0.5) is 0 Å². The highest BCUT2D eigenvalue weighted by atomic mass is 16.2. The maximum atomic E-state index is 11.5. The van der Waals surface area contributed by atoms with Crippen molar-refractivity contribution in [1.29, 1.82) is 0 Å². The zero-order valence-corrected chi connectivity index (χ0v) is 12.8. The number of unbranched alkanes of at least 4 members (excludes halogenated alkanes) is 1. The Hall–Kier alpha value is -1.35. The quantitative estimate of drug-likeness (QED) is 0.631. The predicted octanol–water partition coefficient (Wildman–Crippen LogP) is 2.92. The number of benzene rings is 1. The Morgan fingerprint density at radius 2 is 1.79 bits per heavy atom. The maximum absolute atomic E-state index is 11.5. The predicted molar refractivity (Wildman–Crippen MR) is 80.0 cm³/mol. The molecule has 0 radical (unpaired) electrons. The number of hydrogen-bond donors (Lipinski definition) is 1. The third kappa shape index (κ3) is 5.03. The van der Waals surface area contributed by atoms with Gasteiger partial charge in [0, 0.05) is 20.5 Å². The van der Waals surface area contributed by atoms with Crippen molar-refractivity contribution in [2.24, 2.45) is 0 Å². The molecule has 0 spiro atoms. The van der Waals surface area contributed by atoms with Crippen LogP contribution in [-0.2, 0) is 11.2 Å². The summed E-state index contributed by atoms with van der Waals surface area (Å²) < 4.78 is 0. The first kappa shape index (κ1) is 15.7. The van der Waals surface area contributed by atoms with Crippen LogP contribution >= 0.6 is 0 Å². The molecule has 1 rings (SSSR count). The standard InChI is InChI=1S/C16H26N2O/c1-12-10-11-15(14(3)13(12)2)8-6-7-9-16(19)17-18(4)5/h10-11H,6-9H2,1-5H3,(H,17,19). The molecule has 3 nitrogen and oxygen atoms in total. The summed E-state index contributed by atoms with van der Waals surface area (Å²) in [4.78, 5) is 11.5. The van der Waals surface area contributed by atoms with Gasteiger partial charge in [0.05, 0.1) is 0 Å². The van der Waals surface area contributed by atoms with Crippen LogP contribution in [0.15, 0.2) is 12.1 Å². The molecule has 0 aliphatic carbocycles. The van der Waals surface area contributed by atoms with E-state index in [0.717, 1.165) is 19.3 Å². The molecular formula is C16H26N2O. The molecule has 0 aliphatic heterocycles. The van der Waals surface area contributed by atoms with Crippen LogP contribution < -0.4 is 5.43 Å². The van der Waals surface area contributed by atoms with E-state index in [4.69, 9.17) is 0 Å². The number of carbonyl (C=O) groups is 1. The van der Waals surface area contributed by atoms with Crippen molar-refractivity contribution >= 4 is 5.91 Å². The fraction of sp³-hybridized carbons (Fsp3) is 0.562. The molecule has 106 valence electrons. The van der Waals surface area contributed by atoms with E-state index < -0.39 is 0 Å². The Labute approximate surface area is 117 Å². The number of nitrogens with one attached hydrogen (secondary N) is 1. The van der Waals surface area contributed by atoms with Crippen molar-refractivity contribution in [2.75, 3.05) is 14.1 Å². The Morgan fingerprint density at radius 1 is 1.11 bits per heavy atom. The molecule has 19 heavy (non-hydrogen) atoms. The second kappa shape index (κ2) is 7.29. The van der Waals surface area contributed by atoms with Crippen LogP contribution in [0.3, 0.4) is 0 Å². The summed E-state index contributed by atoms with van der Waals surface area (Å²) in [5, 5.41) is 1.69. The monoisotopic (exact) mass is 262 g/mol. The highest BCUT2D eigenvalue weighted by Gasteiger charge is 2.05. The molecule has 0 fully saturated rings. The van der Waals surface area contributed by atoms with E-state index in [0.29, 0.717) is 6.42 Å². The van der Waals surface area contributed by atoms with Gasteiger partial charge in [0.1, 0.15) is 0 Å². The minimum atomic E-state index is 0.0989. The summed E-state index contributed by atoms with van der Waals surface area (Å²) in [7, 11) is 3.66. The van der Waals surface area contributed by atoms with E-state index in [1.807, 2.05) is 14.1 Å². The molecule has 3 heteroatoms. The van der Waals surface area contributed by atoms with Crippen LogP contribution in [0.1, 0.15) is 41.5 Å². The molecule has 0 heterocycles. The molecule has 1 aromatic rings. The second-order valence-electron chi connectivity index (χ2n) is 5.43. The normalized spacial score (nSPS) is 10.8. The first-order valence-electron chi connectivity index (χ1n) is 6.94. The zero-order chi connectivity index (χ0) is 14.4. The van der Waals surface area contributed by atoms with Crippen molar-refractivity contribution in [2.45, 2.75) is 46.5 Å². The smallest absolute Gasteiger partial charge is 0.234 e. The van der Waals surface area contributed by atoms with E-state index in [9.17, 15) is 4.79 Å². The number of nitrogens with zero attached hydrogens (tertiary/aromatic N) is 1. The molecule has 1 N–H and O–H groups in total. The molecule has 0 saturated heterocycles. The van der Waals surface area contributed by atoms with Gasteiger partial charge in [-0.3, -0.25) is 10.2 Å². The Kier molecular flexibility index (Phi) is 6.03. The summed E-state index contributed by atoms with van der Waals surface area (Å²) >= 11 is 0. The van der Waals surface area contributed by atoms with E-state index in [1.165, 1.54) is 22.3 Å². The van der Waals surface area contributed by atoms with Crippen LogP contribution in [-0.4, -0.2) is 25.0 Å². The van der Waals surface area contributed by atoms with Crippen LogP contribution in [0.5, 0.6) is 0 Å². The van der Waals surface area contributed by atoms with E-state index in [1.54, 1.807) is 5.01 Å². The van der Waals surface area contributed by atoms with Crippen LogP contribution in [0, 0.1) is 20.8 Å². The SMILES string of the molecule is Cc1ccc(CCCCC(=O)NN(C)C)c(C)c1C. The number of hydrazine groups is 1. The highest BCUT2D eigenvalue weighted by molar-refractivity contribution is 5.75. The summed E-state index contributed by atoms with van der Waals surface area (Å²) in [5.74, 6) is 0.0989. The van der Waals surface area contributed by atoms with Gasteiger partial charge in [-0.25, -0.2) is 5.01 Å². The lowest BCUT2D eigenvalue weighted by Gasteiger charge is -2.12. The number of carbonyl (C=O) groups excluding carboxylic acids is 1. The van der Waals surface area contributed by atoms with Gasteiger partial charge >= 0.3 is 0 Å². The molecule has 0 saturated carbocycles. The summed E-state index contributed by atoms with van der Waals surface area (Å²) in [5.41, 5.74) is 8.32. The lowest BCUT2D eigenvalue weighted by atomic mass is 9.95. The van der Waals surface area contributed by atoms with E-state index in [2.05, 4.69) is 38.3 Å². The van der Waals surface area contributed by atoms with Gasteiger partial charge in [-0.2, -0.15) is 0 Å². The molecule has 0 aliphatic rings. The van der Waals surface area contributed by atoms with Crippen molar-refractivity contribution in [3.05, 3.63) is 34.4 Å². The van der Waals surface area contributed by atoms with E-state index >= 15 is 0 Å². The third-order valence-electron chi connectivity index (χ3n) is 3.62. The average Bonchev–Trinajstić information content (AvgIpc) is 2.33. The molecule has 0 aromatic heterocycles. The van der Waals surface area contributed by atoms with Gasteiger partial charge in [-0.05, 0) is 62.3 Å². The summed E-state index contributed by atoms with van der Waals surface area (Å²) in [6.45, 7) is 6.52. The number of hydrogen-bond acceptors (Lipinski definition) is 2. The maximum Gasteiger partial charge on any atom is 0.234 e. The fourth-order valence-corrected chi connectivity index (χ4v) is 2.19. The highest BCUT2D eigenvalue weighted by Crippen LogP contribution is 2.19. The Morgan fingerprint density at radius 3 is 2.42 bits per heavy atom.